The van der Waals surface area contributed by atoms with Gasteiger partial charge in [0, 0.05) is 4.75 Å². The highest BCUT2D eigenvalue weighted by Crippen LogP contribution is 2.52. The first kappa shape index (κ1) is 18.9. The summed E-state index contributed by atoms with van der Waals surface area (Å²) < 4.78 is 6.85. The van der Waals surface area contributed by atoms with E-state index in [1.807, 2.05) is 0 Å². The van der Waals surface area contributed by atoms with Crippen molar-refractivity contribution in [1.82, 2.24) is 4.81 Å². The summed E-state index contributed by atoms with van der Waals surface area (Å²) in [6, 6.07) is 0. The number of rotatable bonds is 4. The first-order chi connectivity index (χ1) is 11.3. The van der Waals surface area contributed by atoms with Crippen molar-refractivity contribution in [2.24, 2.45) is 17.8 Å². The molecule has 3 fully saturated rings. The minimum atomic E-state index is 0.199. The molecule has 5 atom stereocenters. The number of fused-ring (bicyclic) bond motifs is 1. The number of nitrogens with zero attached hydrogens (tertiary/aromatic N) is 1. The van der Waals surface area contributed by atoms with Crippen LogP contribution in [0, 0.1) is 17.8 Å². The molecular weight excluding hydrogens is 312 g/mol. The first-order valence-electron chi connectivity index (χ1n) is 9.75. The molecule has 2 heterocycles. The second kappa shape index (κ2) is 7.40. The van der Waals surface area contributed by atoms with Crippen LogP contribution in [0.5, 0.6) is 0 Å². The lowest BCUT2D eigenvalue weighted by molar-refractivity contribution is 0.0980. The number of hydrogen-bond donors (Lipinski definition) is 0. The minimum Gasteiger partial charge on any atom is -0.408 e. The van der Waals surface area contributed by atoms with Gasteiger partial charge in [-0.1, -0.05) is 38.2 Å². The van der Waals surface area contributed by atoms with Gasteiger partial charge >= 0.3 is 6.33 Å². The normalized spacial score (nSPS) is 40.8. The Kier molecular flexibility index (Phi) is 5.84. The van der Waals surface area contributed by atoms with E-state index in [2.05, 4.69) is 50.7 Å². The largest absolute Gasteiger partial charge is 0.455 e. The van der Waals surface area contributed by atoms with Crippen LogP contribution in [0.15, 0.2) is 12.2 Å². The number of piperidine rings is 1. The lowest BCUT2D eigenvalue weighted by Crippen LogP contribution is -2.47. The van der Waals surface area contributed by atoms with Gasteiger partial charge in [-0.15, -0.1) is 11.6 Å². The summed E-state index contributed by atoms with van der Waals surface area (Å²) in [5, 5.41) is 0. The van der Waals surface area contributed by atoms with Crippen LogP contribution < -0.4 is 0 Å². The van der Waals surface area contributed by atoms with Gasteiger partial charge in [0.25, 0.3) is 0 Å². The van der Waals surface area contributed by atoms with Gasteiger partial charge in [-0.3, -0.25) is 0 Å². The molecule has 0 aromatic carbocycles. The van der Waals surface area contributed by atoms with Gasteiger partial charge in [-0.2, -0.15) is 0 Å². The zero-order valence-corrected chi connectivity index (χ0v) is 16.8. The summed E-state index contributed by atoms with van der Waals surface area (Å²) in [6.07, 6.45) is 6.66. The van der Waals surface area contributed by atoms with Crippen molar-refractivity contribution >= 4 is 25.8 Å². The third-order valence-corrected chi connectivity index (χ3v) is 7.83. The molecule has 2 radical (unpaired) electrons. The molecule has 2 saturated heterocycles. The Labute approximate surface area is 155 Å². The quantitative estimate of drug-likeness (QED) is 0.547. The standard InChI is InChI=1S/C19H33B2NOS/c1-13(2)8-15-9-17(20)12-22(11-15)21-23-18-10-16(14(3)4)6-7-19(18,5)24-21/h13,15-18H,3,6-12H2,1-2,4-5H3/t15?,16-,17?,18+,19?/m0/s1. The average molecular weight is 345 g/mol. The molecule has 1 saturated carbocycles. The number of hydrogen-bond acceptors (Lipinski definition) is 3. The van der Waals surface area contributed by atoms with Crippen LogP contribution in [0.1, 0.15) is 59.8 Å². The monoisotopic (exact) mass is 345 g/mol. The van der Waals surface area contributed by atoms with E-state index in [1.165, 1.54) is 31.3 Å². The Morgan fingerprint density at radius 3 is 2.83 bits per heavy atom. The van der Waals surface area contributed by atoms with Gasteiger partial charge in [-0.05, 0) is 70.4 Å². The highest BCUT2D eigenvalue weighted by Gasteiger charge is 2.53. The van der Waals surface area contributed by atoms with E-state index in [0.717, 1.165) is 31.3 Å². The molecule has 5 heteroatoms. The molecule has 3 aliphatic rings. The van der Waals surface area contributed by atoms with Crippen molar-refractivity contribution in [2.45, 2.75) is 76.5 Å². The van der Waals surface area contributed by atoms with Gasteiger partial charge in [0.05, 0.1) is 14.0 Å². The predicted molar refractivity (Wildman–Crippen MR) is 107 cm³/mol. The molecule has 3 unspecified atom stereocenters. The maximum absolute atomic E-state index is 6.58. The molecule has 0 bridgehead atoms. The fourth-order valence-corrected chi connectivity index (χ4v) is 6.39. The van der Waals surface area contributed by atoms with Crippen LogP contribution in [0.3, 0.4) is 0 Å². The summed E-state index contributed by atoms with van der Waals surface area (Å²) >= 11 is 2.06. The minimum absolute atomic E-state index is 0.199. The van der Waals surface area contributed by atoms with Crippen molar-refractivity contribution in [3.63, 3.8) is 0 Å². The van der Waals surface area contributed by atoms with Crippen LogP contribution >= 0.6 is 11.6 Å². The van der Waals surface area contributed by atoms with E-state index >= 15 is 0 Å². The van der Waals surface area contributed by atoms with Gasteiger partial charge in [0.15, 0.2) is 0 Å². The molecule has 0 amide bonds. The van der Waals surface area contributed by atoms with Gasteiger partial charge < -0.3 is 9.47 Å². The maximum atomic E-state index is 6.58. The highest BCUT2D eigenvalue weighted by atomic mass is 32.2. The second-order valence-corrected chi connectivity index (χ2v) is 10.7. The molecule has 1 aliphatic carbocycles. The van der Waals surface area contributed by atoms with E-state index in [9.17, 15) is 0 Å². The van der Waals surface area contributed by atoms with E-state index < -0.39 is 0 Å². The Morgan fingerprint density at radius 2 is 2.17 bits per heavy atom. The van der Waals surface area contributed by atoms with E-state index in [-0.39, 0.29) is 11.1 Å². The van der Waals surface area contributed by atoms with Crippen molar-refractivity contribution in [3.05, 3.63) is 12.2 Å². The van der Waals surface area contributed by atoms with E-state index in [4.69, 9.17) is 12.5 Å². The Balaban J connectivity index is 1.64. The van der Waals surface area contributed by atoms with Gasteiger partial charge in [0.2, 0.25) is 0 Å². The molecule has 0 spiro atoms. The Morgan fingerprint density at radius 1 is 1.42 bits per heavy atom. The lowest BCUT2D eigenvalue weighted by atomic mass is 9.73. The second-order valence-electron chi connectivity index (χ2n) is 9.13. The first-order valence-corrected chi connectivity index (χ1v) is 10.6. The zero-order chi connectivity index (χ0) is 17.5. The molecule has 24 heavy (non-hydrogen) atoms. The third-order valence-electron chi connectivity index (χ3n) is 6.22. The lowest BCUT2D eigenvalue weighted by Gasteiger charge is -2.39. The van der Waals surface area contributed by atoms with Gasteiger partial charge in [-0.25, -0.2) is 0 Å². The Bertz CT molecular complexity index is 472. The smallest absolute Gasteiger partial charge is 0.408 e. The zero-order valence-electron chi connectivity index (χ0n) is 16.0. The number of allylic oxidation sites excluding steroid dienone is 1. The summed E-state index contributed by atoms with van der Waals surface area (Å²) in [6.45, 7) is 15.5. The summed E-state index contributed by atoms with van der Waals surface area (Å²) in [7, 11) is 6.38. The molecule has 2 nitrogen and oxygen atoms in total. The van der Waals surface area contributed by atoms with Crippen LogP contribution in [0.25, 0.3) is 0 Å². The third kappa shape index (κ3) is 4.10. The summed E-state index contributed by atoms with van der Waals surface area (Å²) in [5.74, 6) is 2.40. The van der Waals surface area contributed by atoms with E-state index in [1.54, 1.807) is 0 Å². The summed E-state index contributed by atoms with van der Waals surface area (Å²) in [5.41, 5.74) is 1.33. The molecule has 0 aromatic rings. The summed E-state index contributed by atoms with van der Waals surface area (Å²) in [4.78, 5) is 2.53. The van der Waals surface area contributed by atoms with Crippen LogP contribution in [0.2, 0.25) is 5.82 Å². The topological polar surface area (TPSA) is 12.5 Å². The van der Waals surface area contributed by atoms with Crippen molar-refractivity contribution in [1.29, 1.82) is 0 Å². The fourth-order valence-electron chi connectivity index (χ4n) is 4.88. The van der Waals surface area contributed by atoms with Crippen LogP contribution in [-0.4, -0.2) is 42.9 Å². The van der Waals surface area contributed by atoms with Gasteiger partial charge in [0.1, 0.15) is 0 Å². The fraction of sp³-hybridized carbons (Fsp3) is 0.895. The van der Waals surface area contributed by atoms with Crippen molar-refractivity contribution < 1.29 is 4.65 Å². The molecular formula is C19H33B2NOS. The van der Waals surface area contributed by atoms with E-state index in [0.29, 0.717) is 17.8 Å². The van der Waals surface area contributed by atoms with Crippen molar-refractivity contribution in [2.75, 3.05) is 13.1 Å². The van der Waals surface area contributed by atoms with Crippen molar-refractivity contribution in [3.8, 4) is 0 Å². The maximum Gasteiger partial charge on any atom is 0.455 e. The SMILES string of the molecule is [B]C1CC(CC(C)C)CN(B2O[C@@H]3C[C@@H](C(=C)C)CCC3(C)S2)C1. The Hall–Kier alpha value is 0.140. The molecule has 0 N–H and O–H groups in total. The average Bonchev–Trinajstić information content (AvgIpc) is 2.82. The van der Waals surface area contributed by atoms with Crippen LogP contribution in [0.4, 0.5) is 0 Å². The predicted octanol–water partition coefficient (Wildman–Crippen LogP) is 4.56. The highest BCUT2D eigenvalue weighted by molar-refractivity contribution is 8.25. The molecule has 3 rings (SSSR count). The molecule has 2 aliphatic heterocycles. The van der Waals surface area contributed by atoms with Crippen LogP contribution in [-0.2, 0) is 4.65 Å². The molecule has 132 valence electrons. The molecule has 0 aromatic heterocycles.